The average molecular weight is 269 g/mol. The van der Waals surface area contributed by atoms with E-state index in [2.05, 4.69) is 16.9 Å². The van der Waals surface area contributed by atoms with E-state index in [4.69, 9.17) is 0 Å². The first kappa shape index (κ1) is 12.6. The van der Waals surface area contributed by atoms with Crippen LogP contribution >= 0.6 is 0 Å². The fourth-order valence-corrected chi connectivity index (χ4v) is 2.48. The number of rotatable bonds is 3. The minimum atomic E-state index is -0.354. The summed E-state index contributed by atoms with van der Waals surface area (Å²) in [7, 11) is 0. The Morgan fingerprint density at radius 2 is 2.05 bits per heavy atom. The molecule has 0 aliphatic rings. The third kappa shape index (κ3) is 1.91. The van der Waals surface area contributed by atoms with Crippen LogP contribution in [0.3, 0.4) is 0 Å². The molecule has 20 heavy (non-hydrogen) atoms. The Balaban J connectivity index is 2.49. The molecule has 0 saturated heterocycles. The van der Waals surface area contributed by atoms with E-state index in [0.717, 1.165) is 23.6 Å². The zero-order valence-electron chi connectivity index (χ0n) is 11.2. The molecule has 0 fully saturated rings. The Labute approximate surface area is 114 Å². The number of benzene rings is 1. The summed E-state index contributed by atoms with van der Waals surface area (Å²) in [5.74, 6) is 0. The molecule has 1 aromatic carbocycles. The standard InChI is InChI=1S/C15H15N3O2/c1-2-3-8-18-13-11(14(19)17-15(18)20)5-4-10-6-7-16-9-12(10)13/h4-7,9H,2-3,8H2,1H3,(H,17,19,20). The number of unbranched alkanes of at least 4 members (excludes halogenated alkanes) is 1. The summed E-state index contributed by atoms with van der Waals surface area (Å²) in [6.07, 6.45) is 5.28. The fourth-order valence-electron chi connectivity index (χ4n) is 2.48. The molecular weight excluding hydrogens is 254 g/mol. The summed E-state index contributed by atoms with van der Waals surface area (Å²) >= 11 is 0. The first-order valence-corrected chi connectivity index (χ1v) is 6.72. The highest BCUT2D eigenvalue weighted by atomic mass is 16.2. The third-order valence-electron chi connectivity index (χ3n) is 3.51. The van der Waals surface area contributed by atoms with Crippen molar-refractivity contribution < 1.29 is 0 Å². The number of aromatic nitrogens is 3. The largest absolute Gasteiger partial charge is 0.328 e. The highest BCUT2D eigenvalue weighted by Crippen LogP contribution is 2.21. The van der Waals surface area contributed by atoms with Crippen LogP contribution in [0, 0.1) is 0 Å². The normalized spacial score (nSPS) is 11.2. The lowest BCUT2D eigenvalue weighted by atomic mass is 10.1. The molecule has 2 aromatic heterocycles. The van der Waals surface area contributed by atoms with Crippen molar-refractivity contribution in [1.29, 1.82) is 0 Å². The lowest BCUT2D eigenvalue weighted by molar-refractivity contribution is 0.618. The summed E-state index contributed by atoms with van der Waals surface area (Å²) < 4.78 is 1.64. The number of aryl methyl sites for hydroxylation is 1. The summed E-state index contributed by atoms with van der Waals surface area (Å²) in [6.45, 7) is 2.66. The lowest BCUT2D eigenvalue weighted by Gasteiger charge is -2.11. The Kier molecular flexibility index (Phi) is 3.10. The van der Waals surface area contributed by atoms with E-state index in [0.29, 0.717) is 17.4 Å². The van der Waals surface area contributed by atoms with Crippen LogP contribution in [-0.2, 0) is 6.54 Å². The Hall–Kier alpha value is -2.43. The van der Waals surface area contributed by atoms with Gasteiger partial charge in [0.05, 0.1) is 10.9 Å². The zero-order chi connectivity index (χ0) is 14.1. The van der Waals surface area contributed by atoms with Gasteiger partial charge in [-0.05, 0) is 23.9 Å². The Morgan fingerprint density at radius 1 is 1.20 bits per heavy atom. The van der Waals surface area contributed by atoms with Crippen LogP contribution in [0.15, 0.2) is 40.2 Å². The number of nitrogens with one attached hydrogen (secondary N) is 1. The number of hydrogen-bond donors (Lipinski definition) is 1. The molecule has 0 bridgehead atoms. The zero-order valence-corrected chi connectivity index (χ0v) is 11.2. The van der Waals surface area contributed by atoms with E-state index < -0.39 is 0 Å². The van der Waals surface area contributed by atoms with Gasteiger partial charge in [-0.15, -0.1) is 0 Å². The summed E-state index contributed by atoms with van der Waals surface area (Å²) in [4.78, 5) is 30.6. The minimum Gasteiger partial charge on any atom is -0.293 e. The number of hydrogen-bond acceptors (Lipinski definition) is 3. The van der Waals surface area contributed by atoms with Gasteiger partial charge in [-0.1, -0.05) is 19.4 Å². The van der Waals surface area contributed by atoms with Crippen molar-refractivity contribution >= 4 is 21.7 Å². The molecule has 0 aliphatic heterocycles. The van der Waals surface area contributed by atoms with Crippen molar-refractivity contribution in [3.8, 4) is 0 Å². The molecular formula is C15H15N3O2. The maximum Gasteiger partial charge on any atom is 0.328 e. The van der Waals surface area contributed by atoms with Crippen LogP contribution in [0.5, 0.6) is 0 Å². The molecule has 0 saturated carbocycles. The third-order valence-corrected chi connectivity index (χ3v) is 3.51. The Bertz CT molecular complexity index is 893. The molecule has 1 N–H and O–H groups in total. The fraction of sp³-hybridized carbons (Fsp3) is 0.267. The number of H-pyrrole nitrogens is 1. The molecule has 2 heterocycles. The molecule has 102 valence electrons. The van der Waals surface area contributed by atoms with Crippen LogP contribution in [0.2, 0.25) is 0 Å². The van der Waals surface area contributed by atoms with Gasteiger partial charge in [0.1, 0.15) is 0 Å². The Morgan fingerprint density at radius 3 is 2.85 bits per heavy atom. The van der Waals surface area contributed by atoms with Crippen molar-refractivity contribution in [3.63, 3.8) is 0 Å². The minimum absolute atomic E-state index is 0.344. The van der Waals surface area contributed by atoms with Crippen molar-refractivity contribution in [2.75, 3.05) is 0 Å². The monoisotopic (exact) mass is 269 g/mol. The molecule has 0 unspecified atom stereocenters. The van der Waals surface area contributed by atoms with Gasteiger partial charge in [-0.25, -0.2) is 4.79 Å². The lowest BCUT2D eigenvalue weighted by Crippen LogP contribution is -2.30. The first-order chi connectivity index (χ1) is 9.72. The van der Waals surface area contributed by atoms with Crippen molar-refractivity contribution in [1.82, 2.24) is 14.5 Å². The van der Waals surface area contributed by atoms with Crippen LogP contribution in [0.1, 0.15) is 19.8 Å². The van der Waals surface area contributed by atoms with Crippen molar-refractivity contribution in [2.45, 2.75) is 26.3 Å². The maximum atomic E-state index is 12.1. The number of aromatic amines is 1. The van der Waals surface area contributed by atoms with Crippen LogP contribution in [-0.4, -0.2) is 14.5 Å². The second-order valence-electron chi connectivity index (χ2n) is 4.82. The maximum absolute atomic E-state index is 12.1. The number of nitrogens with zero attached hydrogens (tertiary/aromatic N) is 2. The number of fused-ring (bicyclic) bond motifs is 3. The summed E-state index contributed by atoms with van der Waals surface area (Å²) in [5.41, 5.74) is -0.0198. The van der Waals surface area contributed by atoms with Gasteiger partial charge in [0.2, 0.25) is 0 Å². The predicted molar refractivity (Wildman–Crippen MR) is 79.0 cm³/mol. The first-order valence-electron chi connectivity index (χ1n) is 6.72. The quantitative estimate of drug-likeness (QED) is 0.740. The molecule has 5 nitrogen and oxygen atoms in total. The molecule has 3 rings (SSSR count). The van der Waals surface area contributed by atoms with Gasteiger partial charge in [-0.3, -0.25) is 19.3 Å². The van der Waals surface area contributed by atoms with E-state index in [9.17, 15) is 9.59 Å². The second kappa shape index (κ2) is 4.92. The highest BCUT2D eigenvalue weighted by molar-refractivity contribution is 6.04. The molecule has 0 amide bonds. The summed E-state index contributed by atoms with van der Waals surface area (Å²) in [6, 6.07) is 5.52. The van der Waals surface area contributed by atoms with E-state index >= 15 is 0 Å². The van der Waals surface area contributed by atoms with Crippen molar-refractivity contribution in [3.05, 3.63) is 51.4 Å². The van der Waals surface area contributed by atoms with Gasteiger partial charge in [0, 0.05) is 24.3 Å². The van der Waals surface area contributed by atoms with Crippen LogP contribution in [0.25, 0.3) is 21.7 Å². The van der Waals surface area contributed by atoms with Gasteiger partial charge in [0.25, 0.3) is 5.56 Å². The molecule has 5 heteroatoms. The van der Waals surface area contributed by atoms with E-state index in [1.165, 1.54) is 0 Å². The van der Waals surface area contributed by atoms with E-state index in [1.807, 2.05) is 12.1 Å². The van der Waals surface area contributed by atoms with E-state index in [-0.39, 0.29) is 11.2 Å². The molecule has 0 spiro atoms. The highest BCUT2D eigenvalue weighted by Gasteiger charge is 2.10. The molecule has 0 aliphatic carbocycles. The van der Waals surface area contributed by atoms with Crippen molar-refractivity contribution in [2.24, 2.45) is 0 Å². The summed E-state index contributed by atoms with van der Waals surface area (Å²) in [5, 5.41) is 2.34. The van der Waals surface area contributed by atoms with Gasteiger partial charge >= 0.3 is 5.69 Å². The smallest absolute Gasteiger partial charge is 0.293 e. The molecule has 0 radical (unpaired) electrons. The average Bonchev–Trinajstić information content (AvgIpc) is 2.46. The topological polar surface area (TPSA) is 67.8 Å². The van der Waals surface area contributed by atoms with Gasteiger partial charge in [0.15, 0.2) is 0 Å². The van der Waals surface area contributed by atoms with Crippen LogP contribution < -0.4 is 11.2 Å². The SMILES string of the molecule is CCCCn1c(=O)[nH]c(=O)c2ccc3ccncc3c21. The van der Waals surface area contributed by atoms with Crippen LogP contribution in [0.4, 0.5) is 0 Å². The van der Waals surface area contributed by atoms with Gasteiger partial charge in [-0.2, -0.15) is 0 Å². The second-order valence-corrected chi connectivity index (χ2v) is 4.82. The van der Waals surface area contributed by atoms with E-state index in [1.54, 1.807) is 23.0 Å². The number of pyridine rings is 1. The predicted octanol–water partition coefficient (Wildman–Crippen LogP) is 2.04. The molecule has 0 atom stereocenters. The molecule has 3 aromatic rings. The van der Waals surface area contributed by atoms with Gasteiger partial charge < -0.3 is 0 Å².